The Kier molecular flexibility index (Phi) is 8.33. The molecule has 0 aliphatic carbocycles. The van der Waals surface area contributed by atoms with E-state index in [1.807, 2.05) is 55.5 Å². The first-order chi connectivity index (χ1) is 13.5. The molecule has 0 aliphatic heterocycles. The maximum Gasteiger partial charge on any atom is 0.242 e. The lowest BCUT2D eigenvalue weighted by molar-refractivity contribution is -0.141. The molecule has 0 saturated carbocycles. The first-order valence-electron chi connectivity index (χ1n) is 9.37. The second-order valence-corrected chi connectivity index (χ2v) is 6.91. The molecule has 150 valence electrons. The van der Waals surface area contributed by atoms with Gasteiger partial charge in [-0.3, -0.25) is 9.59 Å². The summed E-state index contributed by atoms with van der Waals surface area (Å²) < 4.78 is 5.19. The zero-order chi connectivity index (χ0) is 20.5. The van der Waals surface area contributed by atoms with E-state index in [2.05, 4.69) is 5.32 Å². The van der Waals surface area contributed by atoms with Crippen molar-refractivity contribution in [1.29, 1.82) is 0 Å². The van der Waals surface area contributed by atoms with Crippen LogP contribution in [-0.4, -0.2) is 36.9 Å². The molecule has 2 aromatic rings. The van der Waals surface area contributed by atoms with Crippen LogP contribution in [0.1, 0.15) is 30.9 Å². The van der Waals surface area contributed by atoms with Gasteiger partial charge in [0, 0.05) is 25.0 Å². The Hall–Kier alpha value is -2.53. The SMILES string of the molecule is CCC(C(=O)NC)N(Cc1ccc(OC)cc1)C(=O)CCc1ccccc1Cl. The fourth-order valence-electron chi connectivity index (χ4n) is 3.10. The van der Waals surface area contributed by atoms with Crippen LogP contribution in [0.25, 0.3) is 0 Å². The maximum absolute atomic E-state index is 13.1. The van der Waals surface area contributed by atoms with E-state index in [1.165, 1.54) is 0 Å². The molecule has 0 heterocycles. The number of methoxy groups -OCH3 is 1. The van der Waals surface area contributed by atoms with Crippen molar-refractivity contribution in [3.8, 4) is 5.75 Å². The average molecular weight is 403 g/mol. The van der Waals surface area contributed by atoms with Crippen LogP contribution in [0, 0.1) is 0 Å². The van der Waals surface area contributed by atoms with E-state index < -0.39 is 6.04 Å². The fourth-order valence-corrected chi connectivity index (χ4v) is 3.33. The summed E-state index contributed by atoms with van der Waals surface area (Å²) in [6.07, 6.45) is 1.35. The summed E-state index contributed by atoms with van der Waals surface area (Å²) in [5.41, 5.74) is 1.86. The van der Waals surface area contributed by atoms with Crippen molar-refractivity contribution >= 4 is 23.4 Å². The van der Waals surface area contributed by atoms with Crippen LogP contribution < -0.4 is 10.1 Å². The van der Waals surface area contributed by atoms with Crippen molar-refractivity contribution < 1.29 is 14.3 Å². The second-order valence-electron chi connectivity index (χ2n) is 6.50. The van der Waals surface area contributed by atoms with Crippen LogP contribution >= 0.6 is 11.6 Å². The molecule has 0 aromatic heterocycles. The van der Waals surface area contributed by atoms with E-state index >= 15 is 0 Å². The molecule has 0 spiro atoms. The van der Waals surface area contributed by atoms with Gasteiger partial charge in [-0.25, -0.2) is 0 Å². The number of benzene rings is 2. The number of amides is 2. The van der Waals surface area contributed by atoms with Crippen LogP contribution in [-0.2, 0) is 22.6 Å². The normalized spacial score (nSPS) is 11.6. The van der Waals surface area contributed by atoms with Gasteiger partial charge in [-0.15, -0.1) is 0 Å². The Morgan fingerprint density at radius 2 is 1.82 bits per heavy atom. The maximum atomic E-state index is 13.1. The average Bonchev–Trinajstić information content (AvgIpc) is 2.73. The summed E-state index contributed by atoms with van der Waals surface area (Å²) in [5, 5.41) is 3.31. The molecule has 0 aliphatic rings. The molecule has 0 radical (unpaired) electrons. The molecular weight excluding hydrogens is 376 g/mol. The van der Waals surface area contributed by atoms with Crippen molar-refractivity contribution in [1.82, 2.24) is 10.2 Å². The minimum Gasteiger partial charge on any atom is -0.497 e. The number of nitrogens with zero attached hydrogens (tertiary/aromatic N) is 1. The summed E-state index contributed by atoms with van der Waals surface area (Å²) in [6, 6.07) is 14.5. The summed E-state index contributed by atoms with van der Waals surface area (Å²) >= 11 is 6.21. The molecule has 0 bridgehead atoms. The highest BCUT2D eigenvalue weighted by atomic mass is 35.5. The molecule has 2 aromatic carbocycles. The molecule has 0 fully saturated rings. The molecule has 2 amide bonds. The number of ether oxygens (including phenoxy) is 1. The number of aryl methyl sites for hydroxylation is 1. The van der Waals surface area contributed by atoms with Gasteiger partial charge in [0.05, 0.1) is 7.11 Å². The molecular formula is C22H27ClN2O3. The molecule has 2 rings (SSSR count). The quantitative estimate of drug-likeness (QED) is 0.693. The van der Waals surface area contributed by atoms with E-state index in [4.69, 9.17) is 16.3 Å². The molecule has 6 heteroatoms. The number of carbonyl (C=O) groups excluding carboxylic acids is 2. The van der Waals surface area contributed by atoms with Crippen molar-refractivity contribution in [2.24, 2.45) is 0 Å². The number of hydrogen-bond donors (Lipinski definition) is 1. The summed E-state index contributed by atoms with van der Waals surface area (Å²) in [5.74, 6) is 0.506. The molecule has 28 heavy (non-hydrogen) atoms. The van der Waals surface area contributed by atoms with E-state index in [-0.39, 0.29) is 18.2 Å². The Morgan fingerprint density at radius 3 is 2.39 bits per heavy atom. The van der Waals surface area contributed by atoms with Crippen molar-refractivity contribution in [3.05, 3.63) is 64.7 Å². The third kappa shape index (κ3) is 5.73. The predicted octanol–water partition coefficient (Wildman–Crippen LogP) is 3.83. The number of likely N-dealkylation sites (N-methyl/N-ethyl adjacent to an activating group) is 1. The van der Waals surface area contributed by atoms with Gasteiger partial charge < -0.3 is 15.0 Å². The van der Waals surface area contributed by atoms with Gasteiger partial charge in [-0.2, -0.15) is 0 Å². The fraction of sp³-hybridized carbons (Fsp3) is 0.364. The monoisotopic (exact) mass is 402 g/mol. The molecule has 5 nitrogen and oxygen atoms in total. The highest BCUT2D eigenvalue weighted by molar-refractivity contribution is 6.31. The third-order valence-electron chi connectivity index (χ3n) is 4.71. The van der Waals surface area contributed by atoms with Gasteiger partial charge in [0.2, 0.25) is 11.8 Å². The highest BCUT2D eigenvalue weighted by Gasteiger charge is 2.27. The molecule has 1 unspecified atom stereocenters. The minimum atomic E-state index is -0.522. The lowest BCUT2D eigenvalue weighted by atomic mass is 10.1. The number of nitrogens with one attached hydrogen (secondary N) is 1. The third-order valence-corrected chi connectivity index (χ3v) is 5.08. The van der Waals surface area contributed by atoms with Crippen molar-refractivity contribution in [2.45, 2.75) is 38.8 Å². The Labute approximate surface area is 171 Å². The minimum absolute atomic E-state index is 0.0776. The van der Waals surface area contributed by atoms with Crippen LogP contribution in [0.5, 0.6) is 5.75 Å². The standard InChI is InChI=1S/C22H27ClN2O3/c1-4-20(22(27)24-2)25(15-16-9-12-18(28-3)13-10-16)21(26)14-11-17-7-5-6-8-19(17)23/h5-10,12-13,20H,4,11,14-15H2,1-3H3,(H,24,27). The van der Waals surface area contributed by atoms with Crippen LogP contribution in [0.4, 0.5) is 0 Å². The van der Waals surface area contributed by atoms with E-state index in [9.17, 15) is 9.59 Å². The Balaban J connectivity index is 2.19. The van der Waals surface area contributed by atoms with Gasteiger partial charge in [0.1, 0.15) is 11.8 Å². The Bertz CT molecular complexity index is 793. The molecule has 0 saturated heterocycles. The largest absolute Gasteiger partial charge is 0.497 e. The van der Waals surface area contributed by atoms with E-state index in [0.717, 1.165) is 16.9 Å². The van der Waals surface area contributed by atoms with E-state index in [1.54, 1.807) is 19.1 Å². The number of rotatable bonds is 9. The predicted molar refractivity (Wildman–Crippen MR) is 111 cm³/mol. The lowest BCUT2D eigenvalue weighted by Gasteiger charge is -2.30. The van der Waals surface area contributed by atoms with Gasteiger partial charge >= 0.3 is 0 Å². The van der Waals surface area contributed by atoms with Crippen molar-refractivity contribution in [2.75, 3.05) is 14.2 Å². The summed E-state index contributed by atoms with van der Waals surface area (Å²) in [7, 11) is 3.20. The van der Waals surface area contributed by atoms with E-state index in [0.29, 0.717) is 24.4 Å². The summed E-state index contributed by atoms with van der Waals surface area (Å²) in [6.45, 7) is 2.26. The Morgan fingerprint density at radius 1 is 1.14 bits per heavy atom. The second kappa shape index (κ2) is 10.7. The summed E-state index contributed by atoms with van der Waals surface area (Å²) in [4.78, 5) is 27.1. The highest BCUT2D eigenvalue weighted by Crippen LogP contribution is 2.20. The number of halogens is 1. The number of hydrogen-bond acceptors (Lipinski definition) is 3. The lowest BCUT2D eigenvalue weighted by Crippen LogP contribution is -2.48. The van der Waals surface area contributed by atoms with Crippen LogP contribution in [0.15, 0.2) is 48.5 Å². The van der Waals surface area contributed by atoms with Crippen LogP contribution in [0.2, 0.25) is 5.02 Å². The van der Waals surface area contributed by atoms with Crippen LogP contribution in [0.3, 0.4) is 0 Å². The van der Waals surface area contributed by atoms with Gasteiger partial charge in [-0.05, 0) is 42.2 Å². The van der Waals surface area contributed by atoms with Crippen molar-refractivity contribution in [3.63, 3.8) is 0 Å². The topological polar surface area (TPSA) is 58.6 Å². The smallest absolute Gasteiger partial charge is 0.242 e. The number of carbonyl (C=O) groups is 2. The first kappa shape index (κ1) is 21.8. The zero-order valence-electron chi connectivity index (χ0n) is 16.6. The molecule has 1 atom stereocenters. The molecule has 1 N–H and O–H groups in total. The van der Waals surface area contributed by atoms with Gasteiger partial charge in [-0.1, -0.05) is 48.9 Å². The van der Waals surface area contributed by atoms with Gasteiger partial charge in [0.15, 0.2) is 0 Å². The zero-order valence-corrected chi connectivity index (χ0v) is 17.3. The van der Waals surface area contributed by atoms with Gasteiger partial charge in [0.25, 0.3) is 0 Å². The first-order valence-corrected chi connectivity index (χ1v) is 9.75.